The van der Waals surface area contributed by atoms with Gasteiger partial charge in [-0.2, -0.15) is 0 Å². The highest BCUT2D eigenvalue weighted by Crippen LogP contribution is 2.02. The molecule has 0 aromatic heterocycles. The molecule has 4 nitrogen and oxygen atoms in total. The van der Waals surface area contributed by atoms with Crippen LogP contribution in [0.3, 0.4) is 0 Å². The van der Waals surface area contributed by atoms with Crippen LogP contribution in [-0.4, -0.2) is 45.3 Å². The van der Waals surface area contributed by atoms with Crippen LogP contribution in [0.4, 0.5) is 0 Å². The lowest BCUT2D eigenvalue weighted by atomic mass is 10.1. The van der Waals surface area contributed by atoms with Gasteiger partial charge in [0.15, 0.2) is 0 Å². The quantitative estimate of drug-likeness (QED) is 0.392. The summed E-state index contributed by atoms with van der Waals surface area (Å²) in [5.74, 6) is 0. The second-order valence-corrected chi connectivity index (χ2v) is 2.31. The highest BCUT2D eigenvalue weighted by atomic mass is 16.4. The third-order valence-corrected chi connectivity index (χ3v) is 1.31. The topological polar surface area (TPSA) is 80.9 Å². The first-order valence-electron chi connectivity index (χ1n) is 3.24. The van der Waals surface area contributed by atoms with Gasteiger partial charge in [0.2, 0.25) is 0 Å². The molecule has 0 heterocycles. The van der Waals surface area contributed by atoms with Gasteiger partial charge in [0.25, 0.3) is 0 Å². The molecule has 3 atom stereocenters. The van der Waals surface area contributed by atoms with Gasteiger partial charge in [-0.05, 0) is 13.3 Å². The van der Waals surface area contributed by atoms with Gasteiger partial charge in [0, 0.05) is 6.61 Å². The van der Waals surface area contributed by atoms with E-state index in [2.05, 4.69) is 0 Å². The summed E-state index contributed by atoms with van der Waals surface area (Å²) < 4.78 is 0. The molecule has 0 aliphatic rings. The van der Waals surface area contributed by atoms with Gasteiger partial charge in [-0.1, -0.05) is 0 Å². The van der Waals surface area contributed by atoms with Gasteiger partial charge in [-0.15, -0.1) is 0 Å². The van der Waals surface area contributed by atoms with E-state index in [-0.39, 0.29) is 13.0 Å². The van der Waals surface area contributed by atoms with E-state index in [9.17, 15) is 0 Å². The Bertz CT molecular complexity index is 83.8. The maximum Gasteiger partial charge on any atom is 0.105 e. The van der Waals surface area contributed by atoms with Gasteiger partial charge in [-0.25, -0.2) is 0 Å². The zero-order valence-corrected chi connectivity index (χ0v) is 5.94. The van der Waals surface area contributed by atoms with Crippen molar-refractivity contribution in [3.63, 3.8) is 0 Å². The lowest BCUT2D eigenvalue weighted by molar-refractivity contribution is -0.0586. The molecule has 0 aliphatic heterocycles. The normalized spacial score (nSPS) is 20.1. The van der Waals surface area contributed by atoms with Gasteiger partial charge in [-0.3, -0.25) is 0 Å². The maximum absolute atomic E-state index is 8.92. The van der Waals surface area contributed by atoms with E-state index in [0.29, 0.717) is 0 Å². The summed E-state index contributed by atoms with van der Waals surface area (Å²) in [6, 6.07) is 0. The third-order valence-electron chi connectivity index (χ3n) is 1.31. The van der Waals surface area contributed by atoms with Crippen molar-refractivity contribution in [2.75, 3.05) is 6.61 Å². The molecule has 62 valence electrons. The first kappa shape index (κ1) is 9.84. The summed E-state index contributed by atoms with van der Waals surface area (Å²) in [4.78, 5) is 0. The van der Waals surface area contributed by atoms with Crippen LogP contribution in [0.5, 0.6) is 0 Å². The minimum atomic E-state index is -1.16. The van der Waals surface area contributed by atoms with Crippen LogP contribution >= 0.6 is 0 Å². The maximum atomic E-state index is 8.92. The van der Waals surface area contributed by atoms with Crippen molar-refractivity contribution >= 4 is 0 Å². The van der Waals surface area contributed by atoms with Crippen LogP contribution in [0.1, 0.15) is 13.3 Å². The first-order chi connectivity index (χ1) is 4.59. The Morgan fingerprint density at radius 3 is 2.00 bits per heavy atom. The third kappa shape index (κ3) is 3.12. The number of hydrogen-bond donors (Lipinski definition) is 4. The molecule has 0 aliphatic carbocycles. The molecule has 0 rings (SSSR count). The van der Waals surface area contributed by atoms with Gasteiger partial charge < -0.3 is 20.4 Å². The molecular weight excluding hydrogens is 136 g/mol. The molecule has 10 heavy (non-hydrogen) atoms. The van der Waals surface area contributed by atoms with E-state index in [1.54, 1.807) is 0 Å². The fourth-order valence-electron chi connectivity index (χ4n) is 0.625. The second-order valence-electron chi connectivity index (χ2n) is 2.31. The fourth-order valence-corrected chi connectivity index (χ4v) is 0.625. The van der Waals surface area contributed by atoms with Crippen molar-refractivity contribution in [2.24, 2.45) is 0 Å². The van der Waals surface area contributed by atoms with E-state index in [1.807, 2.05) is 0 Å². The van der Waals surface area contributed by atoms with Crippen LogP contribution < -0.4 is 0 Å². The van der Waals surface area contributed by atoms with Crippen LogP contribution in [0.25, 0.3) is 0 Å². The SMILES string of the molecule is C[C@H](O)[C@H](O)[C@H](O)CCO. The minimum Gasteiger partial charge on any atom is -0.396 e. The van der Waals surface area contributed by atoms with E-state index >= 15 is 0 Å². The number of aliphatic hydroxyl groups is 4. The molecular formula is C6H14O4. The molecule has 0 saturated heterocycles. The predicted molar refractivity (Wildman–Crippen MR) is 35.4 cm³/mol. The number of hydrogen-bond acceptors (Lipinski definition) is 4. The average Bonchev–Trinajstić information content (AvgIpc) is 1.87. The molecule has 0 saturated carbocycles. The highest BCUT2D eigenvalue weighted by molar-refractivity contribution is 4.71. The molecule has 0 fully saturated rings. The molecule has 4 N–H and O–H groups in total. The highest BCUT2D eigenvalue weighted by Gasteiger charge is 2.19. The summed E-state index contributed by atoms with van der Waals surface area (Å²) in [5.41, 5.74) is 0. The Morgan fingerprint density at radius 2 is 1.70 bits per heavy atom. The number of rotatable bonds is 4. The smallest absolute Gasteiger partial charge is 0.105 e. The second kappa shape index (κ2) is 4.62. The van der Waals surface area contributed by atoms with Crippen LogP contribution in [-0.2, 0) is 0 Å². The van der Waals surface area contributed by atoms with Crippen molar-refractivity contribution in [1.29, 1.82) is 0 Å². The predicted octanol–water partition coefficient (Wildman–Crippen LogP) is -1.53. The monoisotopic (exact) mass is 150 g/mol. The lowest BCUT2D eigenvalue weighted by Crippen LogP contribution is -2.35. The Hall–Kier alpha value is -0.160. The average molecular weight is 150 g/mol. The van der Waals surface area contributed by atoms with E-state index in [0.717, 1.165) is 0 Å². The number of aliphatic hydroxyl groups excluding tert-OH is 4. The Balaban J connectivity index is 3.58. The minimum absolute atomic E-state index is 0.0894. The van der Waals surface area contributed by atoms with E-state index in [4.69, 9.17) is 20.4 Å². The van der Waals surface area contributed by atoms with Crippen molar-refractivity contribution in [3.8, 4) is 0 Å². The Morgan fingerprint density at radius 1 is 1.20 bits per heavy atom. The molecule has 0 aromatic carbocycles. The molecule has 4 heteroatoms. The first-order valence-corrected chi connectivity index (χ1v) is 3.24. The Labute approximate surface area is 59.7 Å². The molecule has 0 amide bonds. The van der Waals surface area contributed by atoms with E-state index in [1.165, 1.54) is 6.92 Å². The van der Waals surface area contributed by atoms with Crippen LogP contribution in [0, 0.1) is 0 Å². The van der Waals surface area contributed by atoms with Crippen molar-refractivity contribution < 1.29 is 20.4 Å². The fraction of sp³-hybridized carbons (Fsp3) is 1.00. The van der Waals surface area contributed by atoms with Crippen LogP contribution in [0.2, 0.25) is 0 Å². The van der Waals surface area contributed by atoms with Crippen molar-refractivity contribution in [1.82, 2.24) is 0 Å². The van der Waals surface area contributed by atoms with Crippen molar-refractivity contribution in [2.45, 2.75) is 31.7 Å². The standard InChI is InChI=1S/C6H14O4/c1-4(8)6(10)5(9)2-3-7/h4-10H,2-3H2,1H3/t4-,5+,6-/m0/s1. The largest absolute Gasteiger partial charge is 0.396 e. The zero-order chi connectivity index (χ0) is 8.15. The summed E-state index contributed by atoms with van der Waals surface area (Å²) in [5, 5.41) is 34.9. The van der Waals surface area contributed by atoms with Crippen molar-refractivity contribution in [3.05, 3.63) is 0 Å². The zero-order valence-electron chi connectivity index (χ0n) is 5.94. The van der Waals surface area contributed by atoms with Crippen LogP contribution in [0.15, 0.2) is 0 Å². The summed E-state index contributed by atoms with van der Waals surface area (Å²) >= 11 is 0. The van der Waals surface area contributed by atoms with Gasteiger partial charge in [0.1, 0.15) is 6.10 Å². The lowest BCUT2D eigenvalue weighted by Gasteiger charge is -2.18. The van der Waals surface area contributed by atoms with Gasteiger partial charge >= 0.3 is 0 Å². The molecule has 0 radical (unpaired) electrons. The molecule has 0 aromatic rings. The Kier molecular flexibility index (Phi) is 4.55. The molecule has 0 spiro atoms. The van der Waals surface area contributed by atoms with E-state index < -0.39 is 18.3 Å². The summed E-state index contributed by atoms with van der Waals surface area (Å²) in [7, 11) is 0. The van der Waals surface area contributed by atoms with Gasteiger partial charge in [0.05, 0.1) is 12.2 Å². The molecule has 0 unspecified atom stereocenters. The molecule has 0 bridgehead atoms. The summed E-state index contributed by atoms with van der Waals surface area (Å²) in [6.07, 6.45) is -3.06. The summed E-state index contributed by atoms with van der Waals surface area (Å²) in [6.45, 7) is 1.19.